The Bertz CT molecular complexity index is 940. The van der Waals surface area contributed by atoms with Crippen molar-refractivity contribution in [2.24, 2.45) is 0 Å². The Morgan fingerprint density at radius 1 is 0.844 bits per heavy atom. The number of thiophene rings is 2. The summed E-state index contributed by atoms with van der Waals surface area (Å²) in [5.74, 6) is -0.184. The summed E-state index contributed by atoms with van der Waals surface area (Å²) < 4.78 is 5.71. The third-order valence-corrected chi connectivity index (χ3v) is 8.07. The second-order valence-corrected chi connectivity index (χ2v) is 10.4. The number of hydrogen-bond acceptors (Lipinski definition) is 4. The van der Waals surface area contributed by atoms with Crippen LogP contribution in [-0.4, -0.2) is 5.97 Å². The molecule has 0 unspecified atom stereocenters. The van der Waals surface area contributed by atoms with Gasteiger partial charge in [0.25, 0.3) is 0 Å². The lowest BCUT2D eigenvalue weighted by molar-refractivity contribution is 0.0477. The minimum Gasteiger partial charge on any atom is -0.457 e. The zero-order valence-electron chi connectivity index (χ0n) is 19.5. The number of rotatable bonds is 14. The molecule has 3 rings (SSSR count). The molecule has 172 valence electrons. The minimum atomic E-state index is -0.184. The van der Waals surface area contributed by atoms with Gasteiger partial charge in [0.05, 0.1) is 0 Å². The van der Waals surface area contributed by atoms with Crippen LogP contribution in [-0.2, 0) is 24.2 Å². The summed E-state index contributed by atoms with van der Waals surface area (Å²) in [6.07, 6.45) is 12.0. The van der Waals surface area contributed by atoms with E-state index in [4.69, 9.17) is 4.74 Å². The van der Waals surface area contributed by atoms with E-state index in [1.54, 1.807) is 22.7 Å². The molecule has 0 radical (unpaired) electrons. The molecule has 2 heterocycles. The molecule has 0 spiro atoms. The van der Waals surface area contributed by atoms with Crippen molar-refractivity contribution in [1.29, 1.82) is 0 Å². The van der Waals surface area contributed by atoms with Crippen molar-refractivity contribution in [2.75, 3.05) is 0 Å². The molecule has 2 aromatic heterocycles. The van der Waals surface area contributed by atoms with Gasteiger partial charge in [-0.2, -0.15) is 0 Å². The Labute approximate surface area is 201 Å². The number of benzene rings is 1. The Morgan fingerprint density at radius 3 is 2.22 bits per heavy atom. The first-order valence-corrected chi connectivity index (χ1v) is 13.8. The van der Waals surface area contributed by atoms with Crippen molar-refractivity contribution in [3.8, 4) is 9.75 Å². The molecule has 0 fully saturated rings. The molecule has 2 nitrogen and oxygen atoms in total. The molecule has 0 N–H and O–H groups in total. The molecule has 0 aliphatic heterocycles. The maximum absolute atomic E-state index is 13.0. The van der Waals surface area contributed by atoms with Crippen LogP contribution in [0.4, 0.5) is 0 Å². The molecule has 0 aliphatic carbocycles. The summed E-state index contributed by atoms with van der Waals surface area (Å²) in [5, 5.41) is 2.19. The van der Waals surface area contributed by atoms with Crippen molar-refractivity contribution in [3.63, 3.8) is 0 Å². The van der Waals surface area contributed by atoms with E-state index in [-0.39, 0.29) is 5.97 Å². The van der Waals surface area contributed by atoms with Gasteiger partial charge >= 0.3 is 5.97 Å². The van der Waals surface area contributed by atoms with Gasteiger partial charge in [-0.25, -0.2) is 4.79 Å². The first-order valence-electron chi connectivity index (χ1n) is 12.1. The van der Waals surface area contributed by atoms with Gasteiger partial charge in [0.15, 0.2) is 0 Å². The maximum atomic E-state index is 13.0. The number of carbonyl (C=O) groups excluding carboxylic acids is 1. The van der Waals surface area contributed by atoms with E-state index in [0.717, 1.165) is 35.3 Å². The molecule has 0 amide bonds. The molecule has 0 bridgehead atoms. The topological polar surface area (TPSA) is 26.3 Å². The highest BCUT2D eigenvalue weighted by Crippen LogP contribution is 2.38. The maximum Gasteiger partial charge on any atom is 0.348 e. The monoisotopic (exact) mass is 468 g/mol. The molecular formula is C28H36O2S2. The Hall–Kier alpha value is -1.91. The molecular weight excluding hydrogens is 432 g/mol. The van der Waals surface area contributed by atoms with Crippen LogP contribution in [0.1, 0.15) is 91.6 Å². The first kappa shape index (κ1) is 24.7. The molecule has 1 aromatic carbocycles. The first-order chi connectivity index (χ1) is 15.7. The largest absolute Gasteiger partial charge is 0.457 e. The third-order valence-electron chi connectivity index (χ3n) is 5.78. The van der Waals surface area contributed by atoms with E-state index >= 15 is 0 Å². The lowest BCUT2D eigenvalue weighted by Gasteiger charge is -2.06. The summed E-state index contributed by atoms with van der Waals surface area (Å²) >= 11 is 3.42. The molecule has 4 heteroatoms. The number of aryl methyl sites for hydroxylation is 2. The molecule has 0 saturated carbocycles. The lowest BCUT2D eigenvalue weighted by atomic mass is 10.0. The minimum absolute atomic E-state index is 0.184. The summed E-state index contributed by atoms with van der Waals surface area (Å²) in [4.78, 5) is 16.4. The number of ether oxygens (including phenoxy) is 1. The van der Waals surface area contributed by atoms with Gasteiger partial charge in [-0.15, -0.1) is 22.7 Å². The Balaban J connectivity index is 1.75. The quantitative estimate of drug-likeness (QED) is 0.174. The number of esters is 1. The van der Waals surface area contributed by atoms with Gasteiger partial charge in [-0.1, -0.05) is 82.7 Å². The van der Waals surface area contributed by atoms with E-state index in [9.17, 15) is 4.79 Å². The summed E-state index contributed by atoms with van der Waals surface area (Å²) in [7, 11) is 0. The zero-order valence-corrected chi connectivity index (χ0v) is 21.2. The van der Waals surface area contributed by atoms with Crippen molar-refractivity contribution in [3.05, 3.63) is 69.4 Å². The van der Waals surface area contributed by atoms with Gasteiger partial charge in [0, 0.05) is 9.75 Å². The van der Waals surface area contributed by atoms with Crippen LogP contribution in [0.15, 0.2) is 47.8 Å². The van der Waals surface area contributed by atoms with E-state index in [1.165, 1.54) is 60.3 Å². The van der Waals surface area contributed by atoms with Crippen LogP contribution >= 0.6 is 22.7 Å². The SMILES string of the molecule is CCCCCCc1cc(-c2sccc2CCCCCC)sc1C(=O)OCc1ccccc1. The fourth-order valence-electron chi connectivity index (χ4n) is 3.92. The predicted molar refractivity (Wildman–Crippen MR) is 139 cm³/mol. The van der Waals surface area contributed by atoms with Crippen molar-refractivity contribution < 1.29 is 9.53 Å². The average molecular weight is 469 g/mol. The standard InChI is InChI=1S/C28H36O2S2/c1-3-5-7-12-16-23-18-19-31-26(23)25-20-24(17-13-8-6-4-2)27(32-25)28(29)30-21-22-14-10-9-11-15-22/h9-11,14-15,18-20H,3-8,12-13,16-17,21H2,1-2H3. The lowest BCUT2D eigenvalue weighted by Crippen LogP contribution is -2.05. The van der Waals surface area contributed by atoms with Gasteiger partial charge in [0.2, 0.25) is 0 Å². The van der Waals surface area contributed by atoms with E-state index < -0.39 is 0 Å². The molecule has 0 aliphatic rings. The van der Waals surface area contributed by atoms with Crippen LogP contribution in [0.5, 0.6) is 0 Å². The molecule has 0 atom stereocenters. The highest BCUT2D eigenvalue weighted by Gasteiger charge is 2.20. The summed E-state index contributed by atoms with van der Waals surface area (Å²) in [5.41, 5.74) is 3.60. The zero-order chi connectivity index (χ0) is 22.6. The van der Waals surface area contributed by atoms with Crippen LogP contribution < -0.4 is 0 Å². The Morgan fingerprint density at radius 2 is 1.53 bits per heavy atom. The number of unbranched alkanes of at least 4 members (excludes halogenated alkanes) is 6. The fraction of sp³-hybridized carbons (Fsp3) is 0.464. The smallest absolute Gasteiger partial charge is 0.348 e. The van der Waals surface area contributed by atoms with E-state index in [0.29, 0.717) is 6.61 Å². The van der Waals surface area contributed by atoms with Gasteiger partial charge in [-0.05, 0) is 59.9 Å². The predicted octanol–water partition coefficient (Wildman–Crippen LogP) is 9.08. The molecule has 0 saturated heterocycles. The van der Waals surface area contributed by atoms with Crippen LogP contribution in [0.2, 0.25) is 0 Å². The van der Waals surface area contributed by atoms with Crippen molar-refractivity contribution in [2.45, 2.75) is 84.7 Å². The normalized spacial score (nSPS) is 11.1. The van der Waals surface area contributed by atoms with Crippen molar-refractivity contribution >= 4 is 28.6 Å². The highest BCUT2D eigenvalue weighted by atomic mass is 32.1. The van der Waals surface area contributed by atoms with Gasteiger partial charge < -0.3 is 4.74 Å². The van der Waals surface area contributed by atoms with Gasteiger partial charge in [0.1, 0.15) is 11.5 Å². The molecule has 3 aromatic rings. The Kier molecular flexibility index (Phi) is 10.5. The fourth-order valence-corrected chi connectivity index (χ4v) is 6.13. The second kappa shape index (κ2) is 13.6. The third kappa shape index (κ3) is 7.31. The van der Waals surface area contributed by atoms with Gasteiger partial charge in [-0.3, -0.25) is 0 Å². The number of carbonyl (C=O) groups is 1. The van der Waals surface area contributed by atoms with E-state index in [2.05, 4.69) is 31.4 Å². The summed E-state index contributed by atoms with van der Waals surface area (Å²) in [6, 6.07) is 14.4. The number of hydrogen-bond donors (Lipinski definition) is 0. The van der Waals surface area contributed by atoms with Crippen LogP contribution in [0, 0.1) is 0 Å². The van der Waals surface area contributed by atoms with E-state index in [1.807, 2.05) is 30.3 Å². The van der Waals surface area contributed by atoms with Crippen molar-refractivity contribution in [1.82, 2.24) is 0 Å². The average Bonchev–Trinajstić information content (AvgIpc) is 3.45. The summed E-state index contributed by atoms with van der Waals surface area (Å²) in [6.45, 7) is 4.81. The van der Waals surface area contributed by atoms with Crippen LogP contribution in [0.3, 0.4) is 0 Å². The second-order valence-electron chi connectivity index (χ2n) is 8.42. The van der Waals surface area contributed by atoms with Crippen LogP contribution in [0.25, 0.3) is 9.75 Å². The molecule has 32 heavy (non-hydrogen) atoms. The highest BCUT2D eigenvalue weighted by molar-refractivity contribution is 7.22.